The van der Waals surface area contributed by atoms with E-state index in [-0.39, 0.29) is 11.7 Å². The van der Waals surface area contributed by atoms with Crippen LogP contribution in [0, 0.1) is 5.92 Å². The molecule has 0 aromatic heterocycles. The first-order chi connectivity index (χ1) is 8.09. The summed E-state index contributed by atoms with van der Waals surface area (Å²) in [6, 6.07) is 0. The molecule has 17 heavy (non-hydrogen) atoms. The second-order valence-corrected chi connectivity index (χ2v) is 4.86. The molecule has 0 radical (unpaired) electrons. The molecule has 0 aliphatic carbocycles. The third-order valence-corrected chi connectivity index (χ3v) is 3.33. The first kappa shape index (κ1) is 14.2. The largest absolute Gasteiger partial charge is 0.381 e. The summed E-state index contributed by atoms with van der Waals surface area (Å²) in [7, 11) is 1.82. The van der Waals surface area contributed by atoms with Crippen LogP contribution in [0.1, 0.15) is 39.0 Å². The maximum Gasteiger partial charge on any atom is 0.222 e. The van der Waals surface area contributed by atoms with Crippen molar-refractivity contribution >= 4 is 11.7 Å². The molecule has 4 nitrogen and oxygen atoms in total. The van der Waals surface area contributed by atoms with Crippen LogP contribution in [-0.4, -0.2) is 43.4 Å². The fraction of sp³-hybridized carbons (Fsp3) is 0.846. The zero-order chi connectivity index (χ0) is 12.7. The van der Waals surface area contributed by atoms with Gasteiger partial charge in [0, 0.05) is 39.6 Å². The highest BCUT2D eigenvalue weighted by Gasteiger charge is 2.16. The molecule has 4 heteroatoms. The van der Waals surface area contributed by atoms with Gasteiger partial charge in [0.2, 0.25) is 5.91 Å². The van der Waals surface area contributed by atoms with Crippen molar-refractivity contribution in [1.82, 2.24) is 4.90 Å². The molecular formula is C13H23NO3. The van der Waals surface area contributed by atoms with Gasteiger partial charge in [-0.3, -0.25) is 4.79 Å². The minimum atomic E-state index is 0.0762. The van der Waals surface area contributed by atoms with Gasteiger partial charge in [-0.05, 0) is 32.1 Å². The molecule has 0 aromatic carbocycles. The van der Waals surface area contributed by atoms with Crippen molar-refractivity contribution < 1.29 is 14.3 Å². The van der Waals surface area contributed by atoms with E-state index in [0.29, 0.717) is 18.8 Å². The van der Waals surface area contributed by atoms with Crippen LogP contribution in [0.3, 0.4) is 0 Å². The lowest BCUT2D eigenvalue weighted by Gasteiger charge is -2.24. The molecule has 1 amide bonds. The Bertz CT molecular complexity index is 259. The lowest BCUT2D eigenvalue weighted by atomic mass is 9.96. The molecule has 0 unspecified atom stereocenters. The predicted octanol–water partition coefficient (Wildman–Crippen LogP) is 1.63. The topological polar surface area (TPSA) is 46.6 Å². The van der Waals surface area contributed by atoms with Crippen molar-refractivity contribution in [3.05, 3.63) is 0 Å². The Hall–Kier alpha value is -0.900. The maximum atomic E-state index is 11.7. The molecule has 1 aliphatic heterocycles. The summed E-state index contributed by atoms with van der Waals surface area (Å²) >= 11 is 0. The summed E-state index contributed by atoms with van der Waals surface area (Å²) in [4.78, 5) is 24.2. The predicted molar refractivity (Wildman–Crippen MR) is 65.7 cm³/mol. The second-order valence-electron chi connectivity index (χ2n) is 4.86. The number of ketones is 1. The first-order valence-electron chi connectivity index (χ1n) is 6.40. The van der Waals surface area contributed by atoms with Crippen molar-refractivity contribution in [2.24, 2.45) is 5.92 Å². The van der Waals surface area contributed by atoms with Crippen LogP contribution in [0.5, 0.6) is 0 Å². The van der Waals surface area contributed by atoms with E-state index < -0.39 is 0 Å². The van der Waals surface area contributed by atoms with E-state index in [0.717, 1.165) is 39.0 Å². The van der Waals surface area contributed by atoms with Gasteiger partial charge in [-0.1, -0.05) is 0 Å². The highest BCUT2D eigenvalue weighted by atomic mass is 16.5. The summed E-state index contributed by atoms with van der Waals surface area (Å²) in [5.74, 6) is 0.843. The Kier molecular flexibility index (Phi) is 6.19. The lowest BCUT2D eigenvalue weighted by Crippen LogP contribution is -2.30. The number of carbonyl (C=O) groups excluding carboxylic acids is 2. The van der Waals surface area contributed by atoms with Crippen LogP contribution < -0.4 is 0 Å². The molecule has 1 rings (SSSR count). The van der Waals surface area contributed by atoms with Gasteiger partial charge in [-0.2, -0.15) is 0 Å². The number of ether oxygens (including phenoxy) is 1. The van der Waals surface area contributed by atoms with Crippen molar-refractivity contribution in [2.75, 3.05) is 26.8 Å². The highest BCUT2D eigenvalue weighted by Crippen LogP contribution is 2.18. The number of carbonyl (C=O) groups is 2. The molecule has 0 bridgehead atoms. The normalized spacial score (nSPS) is 16.8. The number of rotatable bonds is 6. The quantitative estimate of drug-likeness (QED) is 0.710. The average Bonchev–Trinajstić information content (AvgIpc) is 2.34. The zero-order valence-electron chi connectivity index (χ0n) is 10.9. The maximum absolute atomic E-state index is 11.7. The van der Waals surface area contributed by atoms with Gasteiger partial charge in [-0.15, -0.1) is 0 Å². The number of hydrogen-bond donors (Lipinski definition) is 0. The SMILES string of the molecule is CC(=O)CCC(=O)N(C)CCC1CCOCC1. The second kappa shape index (κ2) is 7.43. The molecule has 0 saturated carbocycles. The molecule has 98 valence electrons. The average molecular weight is 241 g/mol. The van der Waals surface area contributed by atoms with Crippen molar-refractivity contribution in [1.29, 1.82) is 0 Å². The van der Waals surface area contributed by atoms with Gasteiger partial charge in [0.15, 0.2) is 0 Å². The number of nitrogens with zero attached hydrogens (tertiary/aromatic N) is 1. The number of Topliss-reactive ketones (excluding diaryl/α,β-unsaturated/α-hetero) is 1. The lowest BCUT2D eigenvalue weighted by molar-refractivity contribution is -0.132. The van der Waals surface area contributed by atoms with Gasteiger partial charge >= 0.3 is 0 Å². The minimum Gasteiger partial charge on any atom is -0.381 e. The summed E-state index contributed by atoms with van der Waals surface area (Å²) in [6.07, 6.45) is 3.97. The van der Waals surface area contributed by atoms with Crippen LogP contribution >= 0.6 is 0 Å². The van der Waals surface area contributed by atoms with Crippen molar-refractivity contribution in [3.8, 4) is 0 Å². The number of hydrogen-bond acceptors (Lipinski definition) is 3. The summed E-state index contributed by atoms with van der Waals surface area (Å²) in [6.45, 7) is 4.02. The molecule has 0 aromatic rings. The summed E-state index contributed by atoms with van der Waals surface area (Å²) < 4.78 is 5.30. The molecule has 0 N–H and O–H groups in total. The van der Waals surface area contributed by atoms with Crippen LogP contribution in [0.2, 0.25) is 0 Å². The number of amides is 1. The van der Waals surface area contributed by atoms with Crippen LogP contribution in [0.15, 0.2) is 0 Å². The van der Waals surface area contributed by atoms with E-state index in [9.17, 15) is 9.59 Å². The van der Waals surface area contributed by atoms with Crippen molar-refractivity contribution in [3.63, 3.8) is 0 Å². The smallest absolute Gasteiger partial charge is 0.222 e. The Balaban J connectivity index is 2.16. The highest BCUT2D eigenvalue weighted by molar-refractivity contribution is 5.83. The van der Waals surface area contributed by atoms with Gasteiger partial charge in [-0.25, -0.2) is 0 Å². The third-order valence-electron chi connectivity index (χ3n) is 3.33. The molecule has 1 heterocycles. The van der Waals surface area contributed by atoms with Gasteiger partial charge in [0.05, 0.1) is 0 Å². The minimum absolute atomic E-state index is 0.0762. The monoisotopic (exact) mass is 241 g/mol. The summed E-state index contributed by atoms with van der Waals surface area (Å²) in [5, 5.41) is 0. The van der Waals surface area contributed by atoms with E-state index >= 15 is 0 Å². The Morgan fingerprint density at radius 1 is 1.24 bits per heavy atom. The van der Waals surface area contributed by atoms with E-state index in [1.165, 1.54) is 6.92 Å². The van der Waals surface area contributed by atoms with Crippen LogP contribution in [-0.2, 0) is 14.3 Å². The van der Waals surface area contributed by atoms with Gasteiger partial charge < -0.3 is 14.4 Å². The third kappa shape index (κ3) is 5.82. The van der Waals surface area contributed by atoms with E-state index in [4.69, 9.17) is 4.74 Å². The Labute approximate surface area is 103 Å². The molecular weight excluding hydrogens is 218 g/mol. The summed E-state index contributed by atoms with van der Waals surface area (Å²) in [5.41, 5.74) is 0. The Morgan fingerprint density at radius 2 is 1.88 bits per heavy atom. The fourth-order valence-electron chi connectivity index (χ4n) is 2.01. The standard InChI is InChI=1S/C13H23NO3/c1-11(15)3-4-13(16)14(2)8-5-12-6-9-17-10-7-12/h12H,3-10H2,1-2H3. The van der Waals surface area contributed by atoms with Crippen LogP contribution in [0.25, 0.3) is 0 Å². The van der Waals surface area contributed by atoms with E-state index in [1.807, 2.05) is 7.05 Å². The van der Waals surface area contributed by atoms with Crippen molar-refractivity contribution in [2.45, 2.75) is 39.0 Å². The molecule has 1 saturated heterocycles. The zero-order valence-corrected chi connectivity index (χ0v) is 10.9. The van der Waals surface area contributed by atoms with Gasteiger partial charge in [0.1, 0.15) is 5.78 Å². The molecule has 1 aliphatic rings. The van der Waals surface area contributed by atoms with E-state index in [1.54, 1.807) is 4.90 Å². The fourth-order valence-corrected chi connectivity index (χ4v) is 2.01. The molecule has 1 fully saturated rings. The van der Waals surface area contributed by atoms with Gasteiger partial charge in [0.25, 0.3) is 0 Å². The van der Waals surface area contributed by atoms with E-state index in [2.05, 4.69) is 0 Å². The molecule has 0 spiro atoms. The first-order valence-corrected chi connectivity index (χ1v) is 6.40. The molecule has 0 atom stereocenters. The Morgan fingerprint density at radius 3 is 2.47 bits per heavy atom. The van der Waals surface area contributed by atoms with Crippen LogP contribution in [0.4, 0.5) is 0 Å².